The molecular weight excluding hydrogens is 304 g/mol. The van der Waals surface area contributed by atoms with E-state index in [0.29, 0.717) is 41.7 Å². The molecule has 1 fully saturated rings. The second kappa shape index (κ2) is 6.34. The number of benzene rings is 1. The van der Waals surface area contributed by atoms with Crippen molar-refractivity contribution in [2.75, 3.05) is 18.0 Å². The average Bonchev–Trinajstić information content (AvgIpc) is 2.53. The van der Waals surface area contributed by atoms with Crippen molar-refractivity contribution in [3.63, 3.8) is 0 Å². The molecule has 23 heavy (non-hydrogen) atoms. The monoisotopic (exact) mass is 319 g/mol. The van der Waals surface area contributed by atoms with Gasteiger partial charge in [0.1, 0.15) is 11.8 Å². The molecule has 0 radical (unpaired) electrons. The highest BCUT2D eigenvalue weighted by Crippen LogP contribution is 2.33. The van der Waals surface area contributed by atoms with Crippen LogP contribution in [0.1, 0.15) is 18.4 Å². The SMILES string of the molecule is N#Cc1cnc2ccc(OC(F)F)cc2c1N1CCCC(O)C1. The summed E-state index contributed by atoms with van der Waals surface area (Å²) in [6, 6.07) is 6.55. The van der Waals surface area contributed by atoms with Crippen molar-refractivity contribution in [2.45, 2.75) is 25.6 Å². The van der Waals surface area contributed by atoms with Gasteiger partial charge < -0.3 is 14.7 Å². The number of anilines is 1. The Labute approximate surface area is 131 Å². The highest BCUT2D eigenvalue weighted by atomic mass is 19.3. The minimum Gasteiger partial charge on any atom is -0.435 e. The molecule has 1 aliphatic heterocycles. The summed E-state index contributed by atoms with van der Waals surface area (Å²) in [7, 11) is 0. The van der Waals surface area contributed by atoms with Gasteiger partial charge in [-0.3, -0.25) is 4.98 Å². The second-order valence-corrected chi connectivity index (χ2v) is 5.43. The molecular formula is C16H15F2N3O2. The van der Waals surface area contributed by atoms with Crippen LogP contribution in [0.2, 0.25) is 0 Å². The van der Waals surface area contributed by atoms with Crippen LogP contribution in [0, 0.1) is 11.3 Å². The lowest BCUT2D eigenvalue weighted by molar-refractivity contribution is -0.0497. The lowest BCUT2D eigenvalue weighted by Gasteiger charge is -2.33. The Morgan fingerprint density at radius 3 is 2.96 bits per heavy atom. The molecule has 0 bridgehead atoms. The summed E-state index contributed by atoms with van der Waals surface area (Å²) in [5.41, 5.74) is 1.54. The van der Waals surface area contributed by atoms with Gasteiger partial charge in [-0.25, -0.2) is 0 Å². The van der Waals surface area contributed by atoms with Crippen LogP contribution in [0.4, 0.5) is 14.5 Å². The van der Waals surface area contributed by atoms with Gasteiger partial charge >= 0.3 is 6.61 Å². The maximum Gasteiger partial charge on any atom is 0.387 e. The predicted molar refractivity (Wildman–Crippen MR) is 80.5 cm³/mol. The Bertz CT molecular complexity index is 761. The van der Waals surface area contributed by atoms with E-state index in [2.05, 4.69) is 15.8 Å². The molecule has 0 aliphatic carbocycles. The predicted octanol–water partition coefficient (Wildman–Crippen LogP) is 2.67. The summed E-state index contributed by atoms with van der Waals surface area (Å²) < 4.78 is 29.3. The van der Waals surface area contributed by atoms with Crippen molar-refractivity contribution in [1.29, 1.82) is 5.26 Å². The van der Waals surface area contributed by atoms with Gasteiger partial charge in [-0.05, 0) is 31.0 Å². The molecule has 1 atom stereocenters. The Hall–Kier alpha value is -2.46. The van der Waals surface area contributed by atoms with Gasteiger partial charge in [0, 0.05) is 24.7 Å². The maximum absolute atomic E-state index is 12.4. The van der Waals surface area contributed by atoms with Crippen molar-refractivity contribution in [2.24, 2.45) is 0 Å². The number of rotatable bonds is 3. The summed E-state index contributed by atoms with van der Waals surface area (Å²) in [6.45, 7) is -1.83. The van der Waals surface area contributed by atoms with Crippen molar-refractivity contribution < 1.29 is 18.6 Å². The molecule has 1 N–H and O–H groups in total. The Morgan fingerprint density at radius 2 is 2.26 bits per heavy atom. The first-order valence-electron chi connectivity index (χ1n) is 7.29. The number of nitriles is 1. The topological polar surface area (TPSA) is 69.4 Å². The number of aliphatic hydroxyl groups is 1. The highest BCUT2D eigenvalue weighted by Gasteiger charge is 2.23. The maximum atomic E-state index is 12.4. The van der Waals surface area contributed by atoms with Crippen LogP contribution in [0.25, 0.3) is 10.9 Å². The zero-order valence-electron chi connectivity index (χ0n) is 12.2. The summed E-state index contributed by atoms with van der Waals surface area (Å²) >= 11 is 0. The van der Waals surface area contributed by atoms with E-state index in [0.717, 1.165) is 6.42 Å². The molecule has 3 rings (SSSR count). The normalized spacial score (nSPS) is 18.2. The van der Waals surface area contributed by atoms with E-state index in [1.54, 1.807) is 6.07 Å². The van der Waals surface area contributed by atoms with Crippen molar-refractivity contribution in [3.8, 4) is 11.8 Å². The smallest absolute Gasteiger partial charge is 0.387 e. The molecule has 1 aliphatic rings. The Kier molecular flexibility index (Phi) is 4.26. The fourth-order valence-electron chi connectivity index (χ4n) is 2.91. The summed E-state index contributed by atoms with van der Waals surface area (Å²) in [6.07, 6.45) is 2.50. The first-order valence-corrected chi connectivity index (χ1v) is 7.29. The van der Waals surface area contributed by atoms with Crippen LogP contribution in [-0.2, 0) is 0 Å². The van der Waals surface area contributed by atoms with Crippen LogP contribution in [0.3, 0.4) is 0 Å². The number of fused-ring (bicyclic) bond motifs is 1. The molecule has 1 saturated heterocycles. The van der Waals surface area contributed by atoms with Crippen molar-refractivity contribution in [3.05, 3.63) is 30.0 Å². The summed E-state index contributed by atoms with van der Waals surface area (Å²) in [5, 5.41) is 19.8. The second-order valence-electron chi connectivity index (χ2n) is 5.43. The van der Waals surface area contributed by atoms with E-state index in [9.17, 15) is 19.1 Å². The van der Waals surface area contributed by atoms with Gasteiger partial charge in [0.15, 0.2) is 0 Å². The van der Waals surface area contributed by atoms with Crippen LogP contribution in [0.5, 0.6) is 5.75 Å². The van der Waals surface area contributed by atoms with Crippen LogP contribution >= 0.6 is 0 Å². The van der Waals surface area contributed by atoms with Gasteiger partial charge in [0.2, 0.25) is 0 Å². The van der Waals surface area contributed by atoms with Gasteiger partial charge in [-0.2, -0.15) is 14.0 Å². The molecule has 1 aromatic carbocycles. The average molecular weight is 319 g/mol. The number of nitrogens with zero attached hydrogens (tertiary/aromatic N) is 3. The van der Waals surface area contributed by atoms with Crippen molar-refractivity contribution in [1.82, 2.24) is 4.98 Å². The first-order chi connectivity index (χ1) is 11.1. The van der Waals surface area contributed by atoms with E-state index in [-0.39, 0.29) is 5.75 Å². The number of pyridine rings is 1. The minimum atomic E-state index is -2.92. The molecule has 2 heterocycles. The molecule has 0 amide bonds. The Morgan fingerprint density at radius 1 is 1.43 bits per heavy atom. The third-order valence-corrected chi connectivity index (χ3v) is 3.87. The third kappa shape index (κ3) is 3.17. The van der Waals surface area contributed by atoms with E-state index in [4.69, 9.17) is 0 Å². The quantitative estimate of drug-likeness (QED) is 0.942. The number of ether oxygens (including phenoxy) is 1. The van der Waals surface area contributed by atoms with Crippen LogP contribution in [-0.4, -0.2) is 35.9 Å². The molecule has 0 spiro atoms. The standard InChI is InChI=1S/C16H15F2N3O2/c17-16(18)23-12-3-4-14-13(6-12)15(10(7-19)8-20-14)21-5-1-2-11(22)9-21/h3-4,6,8,11,16,22H,1-2,5,9H2. The number of piperidine rings is 1. The lowest BCUT2D eigenvalue weighted by Crippen LogP contribution is -2.38. The molecule has 0 saturated carbocycles. The number of aromatic nitrogens is 1. The summed E-state index contributed by atoms with van der Waals surface area (Å²) in [5.74, 6) is 0.0168. The highest BCUT2D eigenvalue weighted by molar-refractivity contribution is 5.95. The summed E-state index contributed by atoms with van der Waals surface area (Å²) in [4.78, 5) is 6.10. The van der Waals surface area contributed by atoms with Gasteiger partial charge in [0.05, 0.1) is 22.9 Å². The van der Waals surface area contributed by atoms with Crippen LogP contribution < -0.4 is 9.64 Å². The van der Waals surface area contributed by atoms with Crippen LogP contribution in [0.15, 0.2) is 24.4 Å². The number of alkyl halides is 2. The Balaban J connectivity index is 2.13. The number of hydrogen-bond donors (Lipinski definition) is 1. The fraction of sp³-hybridized carbons (Fsp3) is 0.375. The molecule has 120 valence electrons. The lowest BCUT2D eigenvalue weighted by atomic mass is 10.0. The van der Waals surface area contributed by atoms with E-state index >= 15 is 0 Å². The number of hydrogen-bond acceptors (Lipinski definition) is 5. The van der Waals surface area contributed by atoms with Gasteiger partial charge in [-0.15, -0.1) is 0 Å². The minimum absolute atomic E-state index is 0.0168. The zero-order valence-corrected chi connectivity index (χ0v) is 12.2. The number of halogens is 2. The zero-order chi connectivity index (χ0) is 16.4. The van der Waals surface area contributed by atoms with Gasteiger partial charge in [-0.1, -0.05) is 0 Å². The number of β-amino-alcohol motifs (C(OH)–C–C–N with tert-alkyl or cyclic N) is 1. The number of aliphatic hydroxyl groups excluding tert-OH is 1. The first kappa shape index (κ1) is 15.4. The van der Waals surface area contributed by atoms with Crippen molar-refractivity contribution >= 4 is 16.6 Å². The molecule has 7 heteroatoms. The molecule has 1 unspecified atom stereocenters. The van der Waals surface area contributed by atoms with E-state index in [1.807, 2.05) is 4.90 Å². The molecule has 1 aromatic heterocycles. The van der Waals surface area contributed by atoms with Gasteiger partial charge in [0.25, 0.3) is 0 Å². The molecule has 5 nitrogen and oxygen atoms in total. The van der Waals surface area contributed by atoms with E-state index in [1.165, 1.54) is 18.3 Å². The largest absolute Gasteiger partial charge is 0.435 e. The third-order valence-electron chi connectivity index (χ3n) is 3.87. The fourth-order valence-corrected chi connectivity index (χ4v) is 2.91. The van der Waals surface area contributed by atoms with E-state index < -0.39 is 12.7 Å². The molecule has 2 aromatic rings.